The largest absolute Gasteiger partial charge is 0.487 e. The third-order valence-corrected chi connectivity index (χ3v) is 7.90. The molecule has 0 fully saturated rings. The maximum atomic E-state index is 13.6. The molecule has 1 aliphatic rings. The Balaban J connectivity index is 1.99. The third-order valence-electron chi connectivity index (χ3n) is 6.73. The summed E-state index contributed by atoms with van der Waals surface area (Å²) in [5, 5.41) is 3.18. The molecule has 6 nitrogen and oxygen atoms in total. The van der Waals surface area contributed by atoms with Crippen molar-refractivity contribution in [1.29, 1.82) is 0 Å². The molecule has 2 unspecified atom stereocenters. The summed E-state index contributed by atoms with van der Waals surface area (Å²) < 4.78 is 33.5. The lowest BCUT2D eigenvalue weighted by Crippen LogP contribution is -2.52. The molecule has 0 radical (unpaired) electrons. The topological polar surface area (TPSA) is 75.7 Å². The third kappa shape index (κ3) is 5.18. The van der Waals surface area contributed by atoms with Gasteiger partial charge < -0.3 is 10.1 Å². The lowest BCUT2D eigenvalue weighted by atomic mass is 9.83. The van der Waals surface area contributed by atoms with Crippen LogP contribution < -0.4 is 14.4 Å². The summed E-state index contributed by atoms with van der Waals surface area (Å²) in [4.78, 5) is 13.6. The van der Waals surface area contributed by atoms with Crippen LogP contribution in [0.3, 0.4) is 0 Å². The summed E-state index contributed by atoms with van der Waals surface area (Å²) in [6.07, 6.45) is 3.79. The van der Waals surface area contributed by atoms with Crippen LogP contribution in [0.25, 0.3) is 0 Å². The van der Waals surface area contributed by atoms with E-state index in [2.05, 4.69) is 19.2 Å². The SMILES string of the molecule is CCC(C(=O)NC1CC(CC)(CC)Oc2ccccc21)N(c1cc(C)ccc1C)S(C)(=O)=O. The van der Waals surface area contributed by atoms with Crippen LogP contribution >= 0.6 is 0 Å². The molecule has 2 aromatic carbocycles. The van der Waals surface area contributed by atoms with Crippen LogP contribution in [0.1, 0.15) is 69.2 Å². The number of amides is 1. The Morgan fingerprint density at radius 2 is 1.82 bits per heavy atom. The minimum Gasteiger partial charge on any atom is -0.487 e. The van der Waals surface area contributed by atoms with Crippen LogP contribution in [0, 0.1) is 13.8 Å². The zero-order valence-electron chi connectivity index (χ0n) is 20.5. The van der Waals surface area contributed by atoms with Gasteiger partial charge in [0.15, 0.2) is 0 Å². The van der Waals surface area contributed by atoms with Gasteiger partial charge in [0.2, 0.25) is 15.9 Å². The number of carbonyl (C=O) groups excluding carboxylic acids is 1. The van der Waals surface area contributed by atoms with E-state index < -0.39 is 16.1 Å². The molecule has 0 saturated heterocycles. The lowest BCUT2D eigenvalue weighted by Gasteiger charge is -2.42. The fraction of sp³-hybridized carbons (Fsp3) is 0.500. The van der Waals surface area contributed by atoms with Crippen molar-refractivity contribution in [3.63, 3.8) is 0 Å². The van der Waals surface area contributed by atoms with Crippen LogP contribution in [-0.4, -0.2) is 32.2 Å². The second kappa shape index (κ2) is 9.75. The summed E-state index contributed by atoms with van der Waals surface area (Å²) in [5.41, 5.74) is 2.86. The quantitative estimate of drug-likeness (QED) is 0.584. The number of para-hydroxylation sites is 1. The van der Waals surface area contributed by atoms with E-state index in [0.717, 1.165) is 41.5 Å². The highest BCUT2D eigenvalue weighted by molar-refractivity contribution is 7.92. The minimum atomic E-state index is -3.70. The highest BCUT2D eigenvalue weighted by Crippen LogP contribution is 2.42. The van der Waals surface area contributed by atoms with Crippen molar-refractivity contribution in [3.8, 4) is 5.75 Å². The molecule has 2 atom stereocenters. The van der Waals surface area contributed by atoms with E-state index in [0.29, 0.717) is 18.5 Å². The van der Waals surface area contributed by atoms with E-state index >= 15 is 0 Å². The van der Waals surface area contributed by atoms with Gasteiger partial charge in [0.05, 0.1) is 18.0 Å². The van der Waals surface area contributed by atoms with Crippen molar-refractivity contribution in [1.82, 2.24) is 5.32 Å². The predicted octanol–water partition coefficient (Wildman–Crippen LogP) is 5.05. The van der Waals surface area contributed by atoms with Gasteiger partial charge in [-0.3, -0.25) is 9.10 Å². The van der Waals surface area contributed by atoms with E-state index in [1.54, 1.807) is 0 Å². The zero-order valence-corrected chi connectivity index (χ0v) is 21.3. The number of sulfonamides is 1. The maximum absolute atomic E-state index is 13.6. The number of fused-ring (bicyclic) bond motifs is 1. The average molecular weight is 473 g/mol. The Bertz CT molecular complexity index is 1110. The van der Waals surface area contributed by atoms with E-state index in [4.69, 9.17) is 4.74 Å². The fourth-order valence-corrected chi connectivity index (χ4v) is 5.95. The Kier molecular flexibility index (Phi) is 7.42. The van der Waals surface area contributed by atoms with E-state index in [1.165, 1.54) is 4.31 Å². The molecule has 0 aromatic heterocycles. The summed E-state index contributed by atoms with van der Waals surface area (Å²) in [6.45, 7) is 9.81. The molecule has 33 heavy (non-hydrogen) atoms. The molecule has 0 aliphatic carbocycles. The molecule has 7 heteroatoms. The number of hydrogen-bond acceptors (Lipinski definition) is 4. The van der Waals surface area contributed by atoms with Gasteiger partial charge in [0, 0.05) is 12.0 Å². The molecule has 0 bridgehead atoms. The van der Waals surface area contributed by atoms with Gasteiger partial charge in [-0.15, -0.1) is 0 Å². The number of benzene rings is 2. The van der Waals surface area contributed by atoms with E-state index in [1.807, 2.05) is 63.2 Å². The van der Waals surface area contributed by atoms with Crippen LogP contribution in [0.15, 0.2) is 42.5 Å². The number of anilines is 1. The van der Waals surface area contributed by atoms with Gasteiger partial charge in [0.25, 0.3) is 0 Å². The molecular formula is C26H36N2O4S. The summed E-state index contributed by atoms with van der Waals surface area (Å²) in [7, 11) is -3.70. The Hall–Kier alpha value is -2.54. The van der Waals surface area contributed by atoms with Crippen LogP contribution in [0.2, 0.25) is 0 Å². The van der Waals surface area contributed by atoms with Gasteiger partial charge in [-0.1, -0.05) is 51.1 Å². The number of hydrogen-bond donors (Lipinski definition) is 1. The normalized spacial score (nSPS) is 18.1. The monoisotopic (exact) mass is 472 g/mol. The zero-order chi connectivity index (χ0) is 24.4. The molecule has 0 spiro atoms. The molecule has 0 saturated carbocycles. The van der Waals surface area contributed by atoms with Gasteiger partial charge in [-0.25, -0.2) is 8.42 Å². The molecule has 180 valence electrons. The van der Waals surface area contributed by atoms with Crippen molar-refractivity contribution in [2.75, 3.05) is 10.6 Å². The van der Waals surface area contributed by atoms with Crippen LogP contribution in [0.5, 0.6) is 5.75 Å². The van der Waals surface area contributed by atoms with Gasteiger partial charge in [-0.05, 0) is 56.4 Å². The van der Waals surface area contributed by atoms with Gasteiger partial charge in [-0.2, -0.15) is 0 Å². The Labute approximate surface area is 198 Å². The predicted molar refractivity (Wildman–Crippen MR) is 133 cm³/mol. The molecule has 1 amide bonds. The van der Waals surface area contributed by atoms with Crippen molar-refractivity contribution in [2.45, 2.75) is 78.0 Å². The van der Waals surface area contributed by atoms with Gasteiger partial charge in [0.1, 0.15) is 17.4 Å². The smallest absolute Gasteiger partial charge is 0.244 e. The average Bonchev–Trinajstić information content (AvgIpc) is 2.78. The Morgan fingerprint density at radius 1 is 1.15 bits per heavy atom. The number of rotatable bonds is 8. The highest BCUT2D eigenvalue weighted by atomic mass is 32.2. The summed E-state index contributed by atoms with van der Waals surface area (Å²) in [5.74, 6) is 0.479. The number of nitrogens with zero attached hydrogens (tertiary/aromatic N) is 1. The first-order valence-corrected chi connectivity index (χ1v) is 13.5. The highest BCUT2D eigenvalue weighted by Gasteiger charge is 2.40. The van der Waals surface area contributed by atoms with Crippen molar-refractivity contribution in [3.05, 3.63) is 59.2 Å². The number of nitrogens with one attached hydrogen (secondary N) is 1. The maximum Gasteiger partial charge on any atom is 0.244 e. The molecule has 1 heterocycles. The molecule has 3 rings (SSSR count). The summed E-state index contributed by atoms with van der Waals surface area (Å²) in [6, 6.07) is 12.3. The number of carbonyl (C=O) groups is 1. The molecule has 1 aliphatic heterocycles. The first kappa shape index (κ1) is 25.1. The fourth-order valence-electron chi connectivity index (χ4n) is 4.69. The second-order valence-electron chi connectivity index (χ2n) is 9.07. The minimum absolute atomic E-state index is 0.253. The second-order valence-corrected chi connectivity index (χ2v) is 10.9. The molecule has 1 N–H and O–H groups in total. The van der Waals surface area contributed by atoms with Crippen molar-refractivity contribution < 1.29 is 17.9 Å². The lowest BCUT2D eigenvalue weighted by molar-refractivity contribution is -0.123. The van der Waals surface area contributed by atoms with Crippen molar-refractivity contribution in [2.24, 2.45) is 0 Å². The van der Waals surface area contributed by atoms with E-state index in [9.17, 15) is 13.2 Å². The van der Waals surface area contributed by atoms with Crippen molar-refractivity contribution >= 4 is 21.6 Å². The molecule has 2 aromatic rings. The Morgan fingerprint density at radius 3 is 2.42 bits per heavy atom. The summed E-state index contributed by atoms with van der Waals surface area (Å²) >= 11 is 0. The number of ether oxygens (including phenoxy) is 1. The molecular weight excluding hydrogens is 436 g/mol. The van der Waals surface area contributed by atoms with Crippen LogP contribution in [-0.2, 0) is 14.8 Å². The van der Waals surface area contributed by atoms with Gasteiger partial charge >= 0.3 is 0 Å². The first-order valence-electron chi connectivity index (χ1n) is 11.7. The first-order chi connectivity index (χ1) is 15.5. The van der Waals surface area contributed by atoms with Crippen LogP contribution in [0.4, 0.5) is 5.69 Å². The van der Waals surface area contributed by atoms with E-state index in [-0.39, 0.29) is 17.6 Å². The number of aryl methyl sites for hydroxylation is 2. The standard InChI is InChI=1S/C26H36N2O4S/c1-7-22(28(33(6,30)31)23-16-18(4)14-15-19(23)5)25(29)27-21-17-26(8-2,9-3)32-24-13-11-10-12-20(21)24/h10-16,21-22H,7-9,17H2,1-6H3,(H,27,29).